The summed E-state index contributed by atoms with van der Waals surface area (Å²) in [5.74, 6) is -0.156. The summed E-state index contributed by atoms with van der Waals surface area (Å²) in [5, 5.41) is 8.40. The van der Waals surface area contributed by atoms with Gasteiger partial charge in [-0.05, 0) is 17.7 Å². The number of rotatable bonds is 5. The van der Waals surface area contributed by atoms with E-state index in [4.69, 9.17) is 0 Å². The van der Waals surface area contributed by atoms with Crippen molar-refractivity contribution in [1.29, 1.82) is 0 Å². The highest BCUT2D eigenvalue weighted by molar-refractivity contribution is 7.99. The molecule has 0 aliphatic heterocycles. The zero-order valence-electron chi connectivity index (χ0n) is 13.7. The number of carbonyl (C=O) groups excluding carboxylic acids is 1. The maximum absolute atomic E-state index is 13.0. The third-order valence-corrected chi connectivity index (χ3v) is 4.53. The zero-order valence-corrected chi connectivity index (χ0v) is 14.5. The van der Waals surface area contributed by atoms with Gasteiger partial charge in [-0.3, -0.25) is 14.0 Å². The number of hydrogen-bond donors (Lipinski definition) is 0. The average molecular weight is 361 g/mol. The van der Waals surface area contributed by atoms with Crippen molar-refractivity contribution in [2.45, 2.75) is 11.7 Å². The van der Waals surface area contributed by atoms with Crippen molar-refractivity contribution < 1.29 is 9.18 Å². The van der Waals surface area contributed by atoms with Gasteiger partial charge in [-0.2, -0.15) is 0 Å². The molecule has 0 aliphatic rings. The molecule has 0 N–H and O–H groups in total. The fourth-order valence-corrected chi connectivity index (χ4v) is 3.06. The summed E-state index contributed by atoms with van der Waals surface area (Å²) in [7, 11) is 3.36. The first-order valence-electron chi connectivity index (χ1n) is 7.47. The molecule has 130 valence electrons. The molecule has 0 spiro atoms. The number of benzene rings is 1. The molecule has 0 fully saturated rings. The Hall–Kier alpha value is -2.68. The number of aromatic nitrogens is 4. The van der Waals surface area contributed by atoms with Gasteiger partial charge < -0.3 is 9.47 Å². The molecular formula is C16H16FN5O2S. The van der Waals surface area contributed by atoms with E-state index in [1.54, 1.807) is 43.0 Å². The highest BCUT2D eigenvalue weighted by Crippen LogP contribution is 2.15. The summed E-state index contributed by atoms with van der Waals surface area (Å²) in [6, 6.07) is 5.97. The van der Waals surface area contributed by atoms with Crippen molar-refractivity contribution in [3.8, 4) is 0 Å². The van der Waals surface area contributed by atoms with Gasteiger partial charge in [0, 0.05) is 26.5 Å². The third-order valence-electron chi connectivity index (χ3n) is 3.60. The first kappa shape index (κ1) is 17.2. The molecule has 7 nitrogen and oxygen atoms in total. The third kappa shape index (κ3) is 3.71. The minimum atomic E-state index is -0.321. The second-order valence-electron chi connectivity index (χ2n) is 5.61. The van der Waals surface area contributed by atoms with E-state index in [9.17, 15) is 14.0 Å². The molecule has 1 amide bonds. The smallest absolute Gasteiger partial charge is 0.296 e. The van der Waals surface area contributed by atoms with Crippen molar-refractivity contribution in [1.82, 2.24) is 24.1 Å². The Balaban J connectivity index is 1.84. The lowest BCUT2D eigenvalue weighted by molar-refractivity contribution is -0.125. The monoisotopic (exact) mass is 361 g/mol. The quantitative estimate of drug-likeness (QED) is 0.640. The van der Waals surface area contributed by atoms with Crippen molar-refractivity contribution in [3.63, 3.8) is 0 Å². The standard InChI is InChI=1S/C16H16FN5O2S/c1-20(2)13(23)10-25-16-19-18-14-15(24)21(7-8-22(14)16)9-11-3-5-12(17)6-4-11/h3-8H,9-10H2,1-2H3. The lowest BCUT2D eigenvalue weighted by atomic mass is 10.2. The van der Waals surface area contributed by atoms with Crippen LogP contribution >= 0.6 is 11.8 Å². The molecule has 3 aromatic rings. The summed E-state index contributed by atoms with van der Waals surface area (Å²) in [6.07, 6.45) is 3.31. The fourth-order valence-electron chi connectivity index (χ4n) is 2.17. The summed E-state index contributed by atoms with van der Waals surface area (Å²) in [5.41, 5.74) is 0.688. The Morgan fingerprint density at radius 1 is 1.20 bits per heavy atom. The maximum atomic E-state index is 13.0. The van der Waals surface area contributed by atoms with Crippen molar-refractivity contribution in [2.75, 3.05) is 19.8 Å². The molecule has 2 aromatic heterocycles. The lowest BCUT2D eigenvalue weighted by Crippen LogP contribution is -2.24. The number of fused-ring (bicyclic) bond motifs is 1. The van der Waals surface area contributed by atoms with Crippen LogP contribution in [0.1, 0.15) is 5.56 Å². The zero-order chi connectivity index (χ0) is 18.0. The molecule has 3 rings (SSSR count). The lowest BCUT2D eigenvalue weighted by Gasteiger charge is -2.09. The Labute approximate surface area is 147 Å². The number of halogens is 1. The SMILES string of the molecule is CN(C)C(=O)CSc1nnc2c(=O)n(Cc3ccc(F)cc3)ccn12. The van der Waals surface area contributed by atoms with Crippen LogP contribution in [0.5, 0.6) is 0 Å². The molecule has 9 heteroatoms. The molecule has 0 atom stereocenters. The predicted molar refractivity (Wildman–Crippen MR) is 92.2 cm³/mol. The van der Waals surface area contributed by atoms with Gasteiger partial charge in [-0.15, -0.1) is 10.2 Å². The Kier molecular flexibility index (Phi) is 4.84. The van der Waals surface area contributed by atoms with Crippen molar-refractivity contribution in [3.05, 3.63) is 58.4 Å². The summed E-state index contributed by atoms with van der Waals surface area (Å²) in [6.45, 7) is 0.310. The van der Waals surface area contributed by atoms with E-state index in [0.717, 1.165) is 5.56 Å². The van der Waals surface area contributed by atoms with Crippen LogP contribution in [0.15, 0.2) is 46.6 Å². The number of carbonyl (C=O) groups is 1. The minimum Gasteiger partial charge on any atom is -0.348 e. The number of amides is 1. The number of thioether (sulfide) groups is 1. The van der Waals surface area contributed by atoms with Gasteiger partial charge in [-0.25, -0.2) is 4.39 Å². The highest BCUT2D eigenvalue weighted by Gasteiger charge is 2.13. The van der Waals surface area contributed by atoms with Crippen molar-refractivity contribution in [2.24, 2.45) is 0 Å². The Morgan fingerprint density at radius 2 is 1.92 bits per heavy atom. The topological polar surface area (TPSA) is 72.5 Å². The van der Waals surface area contributed by atoms with Crippen LogP contribution in [0.2, 0.25) is 0 Å². The molecule has 0 aliphatic carbocycles. The largest absolute Gasteiger partial charge is 0.348 e. The molecule has 0 unspecified atom stereocenters. The number of nitrogens with zero attached hydrogens (tertiary/aromatic N) is 5. The maximum Gasteiger partial charge on any atom is 0.296 e. The minimum absolute atomic E-state index is 0.0496. The van der Waals surface area contributed by atoms with Crippen LogP contribution in [0, 0.1) is 5.82 Å². The van der Waals surface area contributed by atoms with E-state index in [1.165, 1.54) is 33.4 Å². The van der Waals surface area contributed by atoms with Gasteiger partial charge in [0.05, 0.1) is 12.3 Å². The van der Waals surface area contributed by atoms with E-state index < -0.39 is 0 Å². The van der Waals surface area contributed by atoms with Crippen LogP contribution in [0.3, 0.4) is 0 Å². The molecule has 0 saturated heterocycles. The summed E-state index contributed by atoms with van der Waals surface area (Å²) in [4.78, 5) is 25.7. The molecule has 0 bridgehead atoms. The second-order valence-corrected chi connectivity index (χ2v) is 6.55. The second kappa shape index (κ2) is 7.06. The number of hydrogen-bond acceptors (Lipinski definition) is 5. The van der Waals surface area contributed by atoms with E-state index in [0.29, 0.717) is 11.7 Å². The first-order chi connectivity index (χ1) is 12.0. The molecular weight excluding hydrogens is 345 g/mol. The predicted octanol–water partition coefficient (Wildman–Crippen LogP) is 1.26. The van der Waals surface area contributed by atoms with E-state index in [2.05, 4.69) is 10.2 Å². The van der Waals surface area contributed by atoms with Crippen LogP contribution in [-0.2, 0) is 11.3 Å². The molecule has 0 radical (unpaired) electrons. The van der Waals surface area contributed by atoms with Crippen LogP contribution in [0.25, 0.3) is 5.65 Å². The first-order valence-corrected chi connectivity index (χ1v) is 8.46. The molecule has 2 heterocycles. The average Bonchev–Trinajstić information content (AvgIpc) is 3.01. The molecule has 0 saturated carbocycles. The van der Waals surface area contributed by atoms with E-state index in [1.807, 2.05) is 0 Å². The van der Waals surface area contributed by atoms with Gasteiger partial charge >= 0.3 is 0 Å². The van der Waals surface area contributed by atoms with Crippen LogP contribution in [0.4, 0.5) is 4.39 Å². The Bertz CT molecular complexity index is 965. The van der Waals surface area contributed by atoms with Crippen molar-refractivity contribution >= 4 is 23.3 Å². The van der Waals surface area contributed by atoms with Crippen LogP contribution in [-0.4, -0.2) is 49.8 Å². The van der Waals surface area contributed by atoms with Gasteiger partial charge in [0.2, 0.25) is 11.6 Å². The fraction of sp³-hybridized carbons (Fsp3) is 0.250. The van der Waals surface area contributed by atoms with E-state index >= 15 is 0 Å². The summed E-state index contributed by atoms with van der Waals surface area (Å²) < 4.78 is 16.0. The Morgan fingerprint density at radius 3 is 2.60 bits per heavy atom. The normalized spacial score (nSPS) is 11.0. The van der Waals surface area contributed by atoms with Gasteiger partial charge in [0.1, 0.15) is 5.82 Å². The highest BCUT2D eigenvalue weighted by atomic mass is 32.2. The van der Waals surface area contributed by atoms with Gasteiger partial charge in [0.25, 0.3) is 5.56 Å². The van der Waals surface area contributed by atoms with Crippen LogP contribution < -0.4 is 5.56 Å². The van der Waals surface area contributed by atoms with Gasteiger partial charge in [-0.1, -0.05) is 23.9 Å². The van der Waals surface area contributed by atoms with E-state index in [-0.39, 0.29) is 28.7 Å². The molecule has 25 heavy (non-hydrogen) atoms. The molecule has 1 aromatic carbocycles. The van der Waals surface area contributed by atoms with Gasteiger partial charge in [0.15, 0.2) is 5.16 Å². The summed E-state index contributed by atoms with van der Waals surface area (Å²) >= 11 is 1.22.